The number of likely N-dealkylation sites (tertiary alicyclic amines) is 2. The summed E-state index contributed by atoms with van der Waals surface area (Å²) >= 11 is 0. The first-order valence-electron chi connectivity index (χ1n) is 7.69. The zero-order valence-electron chi connectivity index (χ0n) is 12.1. The average Bonchev–Trinajstić information content (AvgIpc) is 2.95. The molecular weight excluding hydrogens is 240 g/mol. The second-order valence-corrected chi connectivity index (χ2v) is 5.89. The number of hydrogen-bond donors (Lipinski definition) is 2. The Hall–Kier alpha value is -0.810. The fourth-order valence-electron chi connectivity index (χ4n) is 3.50. The van der Waals surface area contributed by atoms with Crippen LogP contribution in [0.5, 0.6) is 0 Å². The van der Waals surface area contributed by atoms with E-state index in [1.54, 1.807) is 0 Å². The Morgan fingerprint density at radius 3 is 2.68 bits per heavy atom. The normalized spacial score (nSPS) is 28.7. The molecule has 5 heteroatoms. The topological polar surface area (TPSA) is 65.1 Å². The summed E-state index contributed by atoms with van der Waals surface area (Å²) in [5.74, 6) is 0.355. The third-order valence-electron chi connectivity index (χ3n) is 4.66. The molecular formula is C14H28N4O. The number of rotatable bonds is 5. The number of hydrogen-bond acceptors (Lipinski definition) is 4. The summed E-state index contributed by atoms with van der Waals surface area (Å²) < 4.78 is 0. The van der Waals surface area contributed by atoms with Crippen LogP contribution >= 0.6 is 0 Å². The van der Waals surface area contributed by atoms with Crippen molar-refractivity contribution < 1.29 is 5.21 Å². The summed E-state index contributed by atoms with van der Waals surface area (Å²) in [5.41, 5.74) is 5.66. The van der Waals surface area contributed by atoms with Gasteiger partial charge < -0.3 is 10.9 Å². The first-order chi connectivity index (χ1) is 9.24. The fourth-order valence-corrected chi connectivity index (χ4v) is 3.50. The first kappa shape index (κ1) is 14.6. The molecule has 0 radical (unpaired) electrons. The third-order valence-corrected chi connectivity index (χ3v) is 4.66. The minimum absolute atomic E-state index is 0.355. The zero-order chi connectivity index (χ0) is 13.7. The molecule has 0 saturated carbocycles. The predicted molar refractivity (Wildman–Crippen MR) is 77.5 cm³/mol. The molecule has 0 aromatic heterocycles. The maximum atomic E-state index is 8.71. The number of amidine groups is 1. The summed E-state index contributed by atoms with van der Waals surface area (Å²) in [6.07, 6.45) is 7.12. The largest absolute Gasteiger partial charge is 0.409 e. The van der Waals surface area contributed by atoms with E-state index in [1.807, 2.05) is 0 Å². The van der Waals surface area contributed by atoms with Gasteiger partial charge in [0.1, 0.15) is 5.84 Å². The van der Waals surface area contributed by atoms with Crippen LogP contribution in [0, 0.1) is 0 Å². The van der Waals surface area contributed by atoms with Gasteiger partial charge in [-0.1, -0.05) is 18.5 Å². The molecule has 110 valence electrons. The van der Waals surface area contributed by atoms with E-state index in [1.165, 1.54) is 38.8 Å². The van der Waals surface area contributed by atoms with Crippen LogP contribution < -0.4 is 5.73 Å². The second kappa shape index (κ2) is 7.10. The van der Waals surface area contributed by atoms with E-state index < -0.39 is 0 Å². The van der Waals surface area contributed by atoms with Crippen LogP contribution in [0.15, 0.2) is 5.16 Å². The standard InChI is InChI=1S/C14H28N4O/c1-2-12(10-14(15)16-19)18-9-6-13(11-18)17-7-4-3-5-8-17/h12-13,19H,2-11H2,1H3,(H2,15,16). The summed E-state index contributed by atoms with van der Waals surface area (Å²) in [6.45, 7) is 7.03. The van der Waals surface area contributed by atoms with Crippen molar-refractivity contribution in [3.63, 3.8) is 0 Å². The van der Waals surface area contributed by atoms with Crippen LogP contribution in [0.4, 0.5) is 0 Å². The molecule has 0 aliphatic carbocycles. The van der Waals surface area contributed by atoms with Crippen LogP contribution in [-0.4, -0.2) is 59.1 Å². The third kappa shape index (κ3) is 3.83. The van der Waals surface area contributed by atoms with Gasteiger partial charge in [-0.2, -0.15) is 0 Å². The molecule has 2 saturated heterocycles. The van der Waals surface area contributed by atoms with Crippen molar-refractivity contribution in [2.75, 3.05) is 26.2 Å². The van der Waals surface area contributed by atoms with Crippen molar-refractivity contribution in [1.82, 2.24) is 9.80 Å². The summed E-state index contributed by atoms with van der Waals surface area (Å²) in [7, 11) is 0. The number of nitrogens with two attached hydrogens (primary N) is 1. The van der Waals surface area contributed by atoms with Crippen molar-refractivity contribution in [2.24, 2.45) is 10.9 Å². The van der Waals surface area contributed by atoms with Crippen LogP contribution in [0.25, 0.3) is 0 Å². The second-order valence-electron chi connectivity index (χ2n) is 5.89. The zero-order valence-corrected chi connectivity index (χ0v) is 12.1. The lowest BCUT2D eigenvalue weighted by Crippen LogP contribution is -2.43. The highest BCUT2D eigenvalue weighted by molar-refractivity contribution is 5.80. The molecule has 2 aliphatic heterocycles. The molecule has 3 N–H and O–H groups in total. The van der Waals surface area contributed by atoms with Crippen molar-refractivity contribution in [1.29, 1.82) is 0 Å². The number of nitrogens with zero attached hydrogens (tertiary/aromatic N) is 3. The quantitative estimate of drug-likeness (QED) is 0.343. The van der Waals surface area contributed by atoms with Crippen molar-refractivity contribution in [3.8, 4) is 0 Å². The Kier molecular flexibility index (Phi) is 5.45. The highest BCUT2D eigenvalue weighted by Crippen LogP contribution is 2.23. The van der Waals surface area contributed by atoms with Crippen LogP contribution in [0.3, 0.4) is 0 Å². The minimum atomic E-state index is 0.355. The molecule has 0 bridgehead atoms. The lowest BCUT2D eigenvalue weighted by Gasteiger charge is -2.33. The Balaban J connectivity index is 1.85. The Bertz CT molecular complexity index is 302. The maximum Gasteiger partial charge on any atom is 0.140 e. The van der Waals surface area contributed by atoms with Crippen LogP contribution in [-0.2, 0) is 0 Å². The highest BCUT2D eigenvalue weighted by atomic mass is 16.4. The molecule has 2 aliphatic rings. The molecule has 0 aromatic rings. The van der Waals surface area contributed by atoms with Gasteiger partial charge in [0.2, 0.25) is 0 Å². The van der Waals surface area contributed by atoms with E-state index >= 15 is 0 Å². The van der Waals surface area contributed by atoms with Crippen LogP contribution in [0.1, 0.15) is 45.4 Å². The summed E-state index contributed by atoms with van der Waals surface area (Å²) in [5, 5.41) is 11.8. The van der Waals surface area contributed by atoms with Crippen LogP contribution in [0.2, 0.25) is 0 Å². The maximum absolute atomic E-state index is 8.71. The lowest BCUT2D eigenvalue weighted by molar-refractivity contribution is 0.151. The number of piperidine rings is 1. The van der Waals surface area contributed by atoms with Crippen molar-refractivity contribution >= 4 is 5.84 Å². The fraction of sp³-hybridized carbons (Fsp3) is 0.929. The Labute approximate surface area is 116 Å². The highest BCUT2D eigenvalue weighted by Gasteiger charge is 2.31. The van der Waals surface area contributed by atoms with Gasteiger partial charge in [0.15, 0.2) is 0 Å². The Morgan fingerprint density at radius 1 is 1.32 bits per heavy atom. The molecule has 2 unspecified atom stereocenters. The van der Waals surface area contributed by atoms with E-state index in [0.29, 0.717) is 18.3 Å². The molecule has 5 nitrogen and oxygen atoms in total. The summed E-state index contributed by atoms with van der Waals surface area (Å²) in [6, 6.07) is 1.15. The SMILES string of the molecule is CCC(C/C(N)=N/O)N1CCC(N2CCCCC2)C1. The smallest absolute Gasteiger partial charge is 0.140 e. The van der Waals surface area contributed by atoms with E-state index in [-0.39, 0.29) is 0 Å². The van der Waals surface area contributed by atoms with E-state index in [9.17, 15) is 0 Å². The molecule has 2 fully saturated rings. The molecule has 2 heterocycles. The van der Waals surface area contributed by atoms with Gasteiger partial charge in [0, 0.05) is 31.6 Å². The number of oxime groups is 1. The minimum Gasteiger partial charge on any atom is -0.409 e. The molecule has 0 spiro atoms. The van der Waals surface area contributed by atoms with Gasteiger partial charge in [-0.3, -0.25) is 9.80 Å². The van der Waals surface area contributed by atoms with Gasteiger partial charge >= 0.3 is 0 Å². The lowest BCUT2D eigenvalue weighted by atomic mass is 10.1. The molecule has 19 heavy (non-hydrogen) atoms. The Morgan fingerprint density at radius 2 is 2.05 bits per heavy atom. The van der Waals surface area contributed by atoms with E-state index in [2.05, 4.69) is 21.9 Å². The van der Waals surface area contributed by atoms with Crippen molar-refractivity contribution in [2.45, 2.75) is 57.5 Å². The van der Waals surface area contributed by atoms with Gasteiger partial charge in [0.25, 0.3) is 0 Å². The van der Waals surface area contributed by atoms with Gasteiger partial charge in [-0.25, -0.2) is 0 Å². The average molecular weight is 268 g/mol. The van der Waals surface area contributed by atoms with Gasteiger partial charge in [0.05, 0.1) is 0 Å². The monoisotopic (exact) mass is 268 g/mol. The molecule has 2 rings (SSSR count). The predicted octanol–water partition coefficient (Wildman–Crippen LogP) is 1.46. The van der Waals surface area contributed by atoms with E-state index in [0.717, 1.165) is 25.6 Å². The summed E-state index contributed by atoms with van der Waals surface area (Å²) in [4.78, 5) is 5.19. The molecule has 2 atom stereocenters. The van der Waals surface area contributed by atoms with Gasteiger partial charge in [-0.15, -0.1) is 0 Å². The van der Waals surface area contributed by atoms with Crippen molar-refractivity contribution in [3.05, 3.63) is 0 Å². The first-order valence-corrected chi connectivity index (χ1v) is 7.69. The van der Waals surface area contributed by atoms with Gasteiger partial charge in [-0.05, 0) is 38.8 Å². The molecule has 0 amide bonds. The van der Waals surface area contributed by atoms with E-state index in [4.69, 9.17) is 10.9 Å². The molecule has 0 aromatic carbocycles.